The third-order valence-electron chi connectivity index (χ3n) is 2.36. The van der Waals surface area contributed by atoms with Crippen molar-refractivity contribution in [1.29, 1.82) is 0 Å². The van der Waals surface area contributed by atoms with Crippen molar-refractivity contribution in [3.05, 3.63) is 11.8 Å². The van der Waals surface area contributed by atoms with Gasteiger partial charge in [0.15, 0.2) is 0 Å². The Balaban J connectivity index is 3.21. The third kappa shape index (κ3) is 2.01. The lowest BCUT2D eigenvalue weighted by molar-refractivity contribution is -0.153. The van der Waals surface area contributed by atoms with Crippen LogP contribution >= 0.6 is 0 Å². The second-order valence-corrected chi connectivity index (χ2v) is 3.84. The summed E-state index contributed by atoms with van der Waals surface area (Å²) in [5.41, 5.74) is -2.19. The predicted octanol–water partition coefficient (Wildman–Crippen LogP) is -1.97. The number of carbonyl (C=O) groups excluding carboxylic acids is 3. The fourth-order valence-corrected chi connectivity index (χ4v) is 1.52. The summed E-state index contributed by atoms with van der Waals surface area (Å²) >= 11 is 0. The molecule has 1 saturated heterocycles. The summed E-state index contributed by atoms with van der Waals surface area (Å²) in [5, 5.41) is 11.3. The second-order valence-electron chi connectivity index (χ2n) is 3.84. The van der Waals surface area contributed by atoms with E-state index < -0.39 is 29.8 Å². The van der Waals surface area contributed by atoms with E-state index in [1.807, 2.05) is 0 Å². The summed E-state index contributed by atoms with van der Waals surface area (Å²) in [7, 11) is 4.34. The maximum Gasteiger partial charge on any atom is 0.342 e. The largest absolute Gasteiger partial charge is 0.467 e. The van der Waals surface area contributed by atoms with Crippen LogP contribution in [-0.4, -0.2) is 61.0 Å². The Morgan fingerprint density at radius 3 is 2.53 bits per heavy atom. The van der Waals surface area contributed by atoms with Crippen LogP contribution in [0.4, 0.5) is 0 Å². The normalized spacial score (nSPS) is 26.0. The van der Waals surface area contributed by atoms with Crippen LogP contribution in [0.1, 0.15) is 0 Å². The molecule has 1 rings (SSSR count). The van der Waals surface area contributed by atoms with E-state index in [0.717, 1.165) is 7.11 Å². The lowest BCUT2D eigenvalue weighted by atomic mass is 9.95. The molecule has 0 unspecified atom stereocenters. The SMILES string of the molecule is COC(=O)[C@]1(CO)NC(=O)/C(=C/N(C)C)C1=O. The van der Waals surface area contributed by atoms with Gasteiger partial charge in [-0.25, -0.2) is 4.79 Å². The van der Waals surface area contributed by atoms with Crippen molar-refractivity contribution in [1.82, 2.24) is 10.2 Å². The van der Waals surface area contributed by atoms with Gasteiger partial charge in [0.1, 0.15) is 5.57 Å². The Hall–Kier alpha value is -1.89. The molecule has 0 aliphatic carbocycles. The maximum absolute atomic E-state index is 12.0. The van der Waals surface area contributed by atoms with Crippen LogP contribution in [-0.2, 0) is 19.1 Å². The van der Waals surface area contributed by atoms with Gasteiger partial charge in [-0.05, 0) is 0 Å². The van der Waals surface area contributed by atoms with Crippen LogP contribution in [0.15, 0.2) is 11.8 Å². The number of nitrogens with zero attached hydrogens (tertiary/aromatic N) is 1. The first-order valence-electron chi connectivity index (χ1n) is 4.84. The van der Waals surface area contributed by atoms with E-state index in [0.29, 0.717) is 0 Å². The lowest BCUT2D eigenvalue weighted by Crippen LogP contribution is -2.57. The Labute approximate surface area is 98.0 Å². The molecule has 7 heteroatoms. The summed E-state index contributed by atoms with van der Waals surface area (Å²) in [5.74, 6) is -2.48. The highest BCUT2D eigenvalue weighted by atomic mass is 16.5. The number of hydrogen-bond acceptors (Lipinski definition) is 6. The van der Waals surface area contributed by atoms with E-state index in [1.54, 1.807) is 14.1 Å². The number of aliphatic hydroxyl groups excluding tert-OH is 1. The number of esters is 1. The number of carbonyl (C=O) groups is 3. The first-order valence-corrected chi connectivity index (χ1v) is 4.84. The summed E-state index contributed by atoms with van der Waals surface area (Å²) in [6.07, 6.45) is 1.29. The van der Waals surface area contributed by atoms with Crippen molar-refractivity contribution in [2.24, 2.45) is 0 Å². The summed E-state index contributed by atoms with van der Waals surface area (Å²) < 4.78 is 4.43. The van der Waals surface area contributed by atoms with Crippen LogP contribution in [0.3, 0.4) is 0 Å². The fourth-order valence-electron chi connectivity index (χ4n) is 1.52. The van der Waals surface area contributed by atoms with E-state index in [-0.39, 0.29) is 5.57 Å². The Morgan fingerprint density at radius 1 is 1.53 bits per heavy atom. The molecule has 0 bridgehead atoms. The highest BCUT2D eigenvalue weighted by Gasteiger charge is 2.56. The van der Waals surface area contributed by atoms with Gasteiger partial charge in [-0.2, -0.15) is 0 Å². The molecule has 94 valence electrons. The number of Topliss-reactive ketones (excluding diaryl/α,β-unsaturated/α-hetero) is 1. The van der Waals surface area contributed by atoms with E-state index in [9.17, 15) is 19.5 Å². The molecule has 0 spiro atoms. The second kappa shape index (κ2) is 4.54. The van der Waals surface area contributed by atoms with Gasteiger partial charge >= 0.3 is 5.97 Å². The zero-order chi connectivity index (χ0) is 13.2. The van der Waals surface area contributed by atoms with Gasteiger partial charge in [0.25, 0.3) is 5.91 Å². The van der Waals surface area contributed by atoms with E-state index in [2.05, 4.69) is 10.1 Å². The molecule has 1 heterocycles. The molecule has 1 aliphatic heterocycles. The molecule has 1 fully saturated rings. The number of amides is 1. The molecule has 2 N–H and O–H groups in total. The van der Waals surface area contributed by atoms with Gasteiger partial charge < -0.3 is 20.1 Å². The fraction of sp³-hybridized carbons (Fsp3) is 0.500. The van der Waals surface area contributed by atoms with Crippen LogP contribution in [0, 0.1) is 0 Å². The van der Waals surface area contributed by atoms with Gasteiger partial charge in [-0.15, -0.1) is 0 Å². The standard InChI is InChI=1S/C10H14N2O5/c1-12(2)4-6-7(14)10(5-13,9(16)17-3)11-8(6)15/h4,13H,5H2,1-3H3,(H,11,15)/b6-4+/t10-/m1/s1. The molecular weight excluding hydrogens is 228 g/mol. The quantitative estimate of drug-likeness (QED) is 0.258. The van der Waals surface area contributed by atoms with Gasteiger partial charge in [0.2, 0.25) is 11.3 Å². The van der Waals surface area contributed by atoms with Crippen LogP contribution in [0.2, 0.25) is 0 Å². The predicted molar refractivity (Wildman–Crippen MR) is 56.8 cm³/mol. The van der Waals surface area contributed by atoms with Crippen LogP contribution in [0.5, 0.6) is 0 Å². The monoisotopic (exact) mass is 242 g/mol. The number of methoxy groups -OCH3 is 1. The highest BCUT2D eigenvalue weighted by molar-refractivity contribution is 6.34. The van der Waals surface area contributed by atoms with Crippen molar-refractivity contribution in [2.45, 2.75) is 5.54 Å². The highest BCUT2D eigenvalue weighted by Crippen LogP contribution is 2.22. The Bertz CT molecular complexity index is 402. The molecule has 0 radical (unpaired) electrons. The van der Waals surface area contributed by atoms with Crippen molar-refractivity contribution in [3.63, 3.8) is 0 Å². The van der Waals surface area contributed by atoms with Crippen molar-refractivity contribution in [2.75, 3.05) is 27.8 Å². The molecular formula is C10H14N2O5. The average molecular weight is 242 g/mol. The number of aliphatic hydroxyl groups is 1. The number of nitrogens with one attached hydrogen (secondary N) is 1. The van der Waals surface area contributed by atoms with E-state index >= 15 is 0 Å². The molecule has 0 aromatic rings. The zero-order valence-electron chi connectivity index (χ0n) is 9.81. The Kier molecular flexibility index (Phi) is 3.52. The minimum absolute atomic E-state index is 0.186. The molecule has 0 aromatic heterocycles. The van der Waals surface area contributed by atoms with Gasteiger partial charge in [0.05, 0.1) is 13.7 Å². The number of rotatable bonds is 3. The summed E-state index contributed by atoms with van der Waals surface area (Å²) in [6.45, 7) is -0.838. The number of ether oxygens (including phenoxy) is 1. The molecule has 0 saturated carbocycles. The van der Waals surface area contributed by atoms with Gasteiger partial charge in [0, 0.05) is 20.3 Å². The molecule has 17 heavy (non-hydrogen) atoms. The number of hydrogen-bond donors (Lipinski definition) is 2. The molecule has 1 atom stereocenters. The van der Waals surface area contributed by atoms with E-state index in [4.69, 9.17) is 0 Å². The minimum atomic E-state index is -2.01. The lowest BCUT2D eigenvalue weighted by Gasteiger charge is -2.20. The Morgan fingerprint density at radius 2 is 2.12 bits per heavy atom. The van der Waals surface area contributed by atoms with Gasteiger partial charge in [-0.1, -0.05) is 0 Å². The van der Waals surface area contributed by atoms with Crippen LogP contribution in [0.25, 0.3) is 0 Å². The molecule has 1 aliphatic rings. The topological polar surface area (TPSA) is 95.9 Å². The first kappa shape index (κ1) is 13.2. The maximum atomic E-state index is 12.0. The van der Waals surface area contributed by atoms with Crippen molar-refractivity contribution < 1.29 is 24.2 Å². The smallest absolute Gasteiger partial charge is 0.342 e. The van der Waals surface area contributed by atoms with Gasteiger partial charge in [-0.3, -0.25) is 9.59 Å². The minimum Gasteiger partial charge on any atom is -0.467 e. The third-order valence-corrected chi connectivity index (χ3v) is 2.36. The van der Waals surface area contributed by atoms with E-state index in [1.165, 1.54) is 11.1 Å². The van der Waals surface area contributed by atoms with Crippen molar-refractivity contribution >= 4 is 17.7 Å². The van der Waals surface area contributed by atoms with Crippen LogP contribution < -0.4 is 5.32 Å². The summed E-state index contributed by atoms with van der Waals surface area (Å²) in [6, 6.07) is 0. The average Bonchev–Trinajstić information content (AvgIpc) is 2.52. The zero-order valence-corrected chi connectivity index (χ0v) is 9.81. The molecule has 7 nitrogen and oxygen atoms in total. The molecule has 0 aromatic carbocycles. The molecule has 1 amide bonds. The summed E-state index contributed by atoms with van der Waals surface area (Å²) in [4.78, 5) is 36.5. The first-order chi connectivity index (χ1) is 7.89. The number of ketones is 1. The van der Waals surface area contributed by atoms with Crippen molar-refractivity contribution in [3.8, 4) is 0 Å².